The van der Waals surface area contributed by atoms with Gasteiger partial charge in [0.25, 0.3) is 5.22 Å². The number of hydrogen-bond donors (Lipinski definition) is 1. The average molecular weight is 356 g/mol. The molecule has 1 aliphatic heterocycles. The van der Waals surface area contributed by atoms with Crippen molar-refractivity contribution in [2.45, 2.75) is 24.6 Å². The Kier molecular flexibility index (Phi) is 4.47. The van der Waals surface area contributed by atoms with E-state index >= 15 is 0 Å². The molecule has 0 saturated heterocycles. The van der Waals surface area contributed by atoms with Crippen LogP contribution in [0, 0.1) is 0 Å². The third-order valence-electron chi connectivity index (χ3n) is 4.00. The van der Waals surface area contributed by atoms with Crippen molar-refractivity contribution in [2.75, 3.05) is 12.3 Å². The first-order valence-corrected chi connectivity index (χ1v) is 8.94. The summed E-state index contributed by atoms with van der Waals surface area (Å²) in [6.07, 6.45) is 6.27. The summed E-state index contributed by atoms with van der Waals surface area (Å²) in [6, 6.07) is 3.62. The van der Waals surface area contributed by atoms with Crippen molar-refractivity contribution in [1.82, 2.24) is 30.0 Å². The van der Waals surface area contributed by atoms with Gasteiger partial charge in [-0.15, -0.1) is 10.2 Å². The topological polar surface area (TPSA) is 101 Å². The minimum atomic E-state index is 0.127. The Hall–Kier alpha value is -2.68. The van der Waals surface area contributed by atoms with E-state index in [4.69, 9.17) is 4.42 Å². The normalized spacial score (nSPS) is 13.7. The smallest absolute Gasteiger partial charge is 0.276 e. The molecule has 3 aromatic rings. The highest BCUT2D eigenvalue weighted by Crippen LogP contribution is 2.23. The monoisotopic (exact) mass is 356 g/mol. The average Bonchev–Trinajstić information content (AvgIpc) is 3.31. The molecule has 1 N–H and O–H groups in total. The molecule has 3 aromatic heterocycles. The number of nitrogens with zero attached hydrogens (tertiary/aromatic N) is 5. The Morgan fingerprint density at radius 1 is 1.32 bits per heavy atom. The van der Waals surface area contributed by atoms with E-state index in [0.29, 0.717) is 36.4 Å². The van der Waals surface area contributed by atoms with Crippen LogP contribution >= 0.6 is 11.8 Å². The van der Waals surface area contributed by atoms with Crippen LogP contribution in [0.25, 0.3) is 11.5 Å². The fourth-order valence-corrected chi connectivity index (χ4v) is 3.38. The molecular formula is C16H16N6O2S. The van der Waals surface area contributed by atoms with Gasteiger partial charge in [0.1, 0.15) is 0 Å². The number of pyridine rings is 1. The minimum absolute atomic E-state index is 0.127. The zero-order chi connectivity index (χ0) is 17.1. The summed E-state index contributed by atoms with van der Waals surface area (Å²) in [4.78, 5) is 25.5. The Morgan fingerprint density at radius 2 is 2.20 bits per heavy atom. The summed E-state index contributed by atoms with van der Waals surface area (Å²) >= 11 is 1.39. The number of imidazole rings is 1. The van der Waals surface area contributed by atoms with Crippen LogP contribution in [0.2, 0.25) is 0 Å². The molecule has 0 fully saturated rings. The third-order valence-corrected chi connectivity index (χ3v) is 4.82. The van der Waals surface area contributed by atoms with Gasteiger partial charge in [0.05, 0.1) is 24.3 Å². The van der Waals surface area contributed by atoms with Gasteiger partial charge in [-0.1, -0.05) is 11.8 Å². The maximum Gasteiger partial charge on any atom is 0.276 e. The van der Waals surface area contributed by atoms with E-state index in [1.54, 1.807) is 18.7 Å². The zero-order valence-electron chi connectivity index (χ0n) is 13.4. The molecule has 0 bridgehead atoms. The standard InChI is InChI=1S/C16H16N6O2S/c23-14(22-7-3-12-13(9-22)19-10-18-12)4-8-25-16-21-20-15(24-16)11-1-5-17-6-2-11/h1-2,5-6,10H,3-4,7-9H2,(H,18,19). The molecule has 0 radical (unpaired) electrons. The molecule has 0 spiro atoms. The number of carbonyl (C=O) groups excluding carboxylic acids is 1. The predicted molar refractivity (Wildman–Crippen MR) is 90.6 cm³/mol. The lowest BCUT2D eigenvalue weighted by Gasteiger charge is -2.26. The molecule has 1 amide bonds. The van der Waals surface area contributed by atoms with Gasteiger partial charge in [0, 0.05) is 43.1 Å². The summed E-state index contributed by atoms with van der Waals surface area (Å²) < 4.78 is 5.61. The van der Waals surface area contributed by atoms with Crippen LogP contribution in [0.15, 0.2) is 40.5 Å². The summed E-state index contributed by atoms with van der Waals surface area (Å²) in [5.41, 5.74) is 2.92. The second-order valence-corrected chi connectivity index (χ2v) is 6.65. The molecule has 25 heavy (non-hydrogen) atoms. The Bertz CT molecular complexity index is 862. The first-order chi connectivity index (χ1) is 12.3. The zero-order valence-corrected chi connectivity index (χ0v) is 14.2. The first-order valence-electron chi connectivity index (χ1n) is 7.95. The number of H-pyrrole nitrogens is 1. The van der Waals surface area contributed by atoms with Crippen molar-refractivity contribution < 1.29 is 9.21 Å². The van der Waals surface area contributed by atoms with Crippen LogP contribution in [-0.2, 0) is 17.8 Å². The second kappa shape index (κ2) is 7.06. The number of rotatable bonds is 5. The van der Waals surface area contributed by atoms with E-state index in [1.165, 1.54) is 11.8 Å². The Balaban J connectivity index is 1.28. The van der Waals surface area contributed by atoms with E-state index in [-0.39, 0.29) is 5.91 Å². The van der Waals surface area contributed by atoms with E-state index in [2.05, 4.69) is 25.1 Å². The molecule has 4 rings (SSSR count). The lowest BCUT2D eigenvalue weighted by molar-refractivity contribution is -0.131. The summed E-state index contributed by atoms with van der Waals surface area (Å²) in [5.74, 6) is 1.18. The van der Waals surface area contributed by atoms with Crippen molar-refractivity contribution in [3.8, 4) is 11.5 Å². The van der Waals surface area contributed by atoms with Crippen LogP contribution in [0.4, 0.5) is 0 Å². The number of fused-ring (bicyclic) bond motifs is 1. The highest BCUT2D eigenvalue weighted by Gasteiger charge is 2.22. The van der Waals surface area contributed by atoms with Crippen molar-refractivity contribution >= 4 is 17.7 Å². The van der Waals surface area contributed by atoms with E-state index < -0.39 is 0 Å². The highest BCUT2D eigenvalue weighted by atomic mass is 32.2. The number of amides is 1. The Morgan fingerprint density at radius 3 is 3.08 bits per heavy atom. The molecule has 0 aromatic carbocycles. The lowest BCUT2D eigenvalue weighted by atomic mass is 10.1. The molecule has 0 aliphatic carbocycles. The van der Waals surface area contributed by atoms with E-state index in [1.807, 2.05) is 17.0 Å². The quantitative estimate of drug-likeness (QED) is 0.697. The van der Waals surface area contributed by atoms with Gasteiger partial charge in [-0.05, 0) is 12.1 Å². The van der Waals surface area contributed by atoms with Crippen molar-refractivity contribution in [2.24, 2.45) is 0 Å². The van der Waals surface area contributed by atoms with Gasteiger partial charge in [0.15, 0.2) is 0 Å². The maximum absolute atomic E-state index is 12.4. The van der Waals surface area contributed by atoms with Crippen LogP contribution in [0.5, 0.6) is 0 Å². The van der Waals surface area contributed by atoms with Gasteiger partial charge < -0.3 is 14.3 Å². The molecule has 0 atom stereocenters. The number of aromatic nitrogens is 5. The summed E-state index contributed by atoms with van der Waals surface area (Å²) in [5, 5.41) is 8.50. The van der Waals surface area contributed by atoms with Crippen molar-refractivity contribution in [3.63, 3.8) is 0 Å². The van der Waals surface area contributed by atoms with Gasteiger partial charge in [0.2, 0.25) is 11.8 Å². The number of hydrogen-bond acceptors (Lipinski definition) is 7. The highest BCUT2D eigenvalue weighted by molar-refractivity contribution is 7.99. The van der Waals surface area contributed by atoms with Crippen LogP contribution < -0.4 is 0 Å². The largest absolute Gasteiger partial charge is 0.411 e. The molecule has 9 heteroatoms. The molecule has 128 valence electrons. The number of nitrogens with one attached hydrogen (secondary N) is 1. The Labute approximate surface area is 148 Å². The number of thioether (sulfide) groups is 1. The fraction of sp³-hybridized carbons (Fsp3) is 0.312. The third kappa shape index (κ3) is 3.55. The van der Waals surface area contributed by atoms with Crippen LogP contribution in [-0.4, -0.2) is 48.3 Å². The first kappa shape index (κ1) is 15.8. The molecule has 0 unspecified atom stereocenters. The lowest BCUT2D eigenvalue weighted by Crippen LogP contribution is -2.36. The van der Waals surface area contributed by atoms with Crippen LogP contribution in [0.3, 0.4) is 0 Å². The van der Waals surface area contributed by atoms with E-state index in [9.17, 15) is 4.79 Å². The van der Waals surface area contributed by atoms with Gasteiger partial charge in [-0.3, -0.25) is 9.78 Å². The number of carbonyl (C=O) groups is 1. The molecule has 4 heterocycles. The molecule has 0 saturated carbocycles. The summed E-state index contributed by atoms with van der Waals surface area (Å²) in [6.45, 7) is 1.32. The predicted octanol–water partition coefficient (Wildman–Crippen LogP) is 1.92. The molecule has 8 nitrogen and oxygen atoms in total. The molecule has 1 aliphatic rings. The van der Waals surface area contributed by atoms with Gasteiger partial charge in [-0.2, -0.15) is 0 Å². The fourth-order valence-electron chi connectivity index (χ4n) is 2.69. The van der Waals surface area contributed by atoms with Crippen LogP contribution in [0.1, 0.15) is 17.8 Å². The van der Waals surface area contributed by atoms with Crippen molar-refractivity contribution in [3.05, 3.63) is 42.2 Å². The summed E-state index contributed by atoms with van der Waals surface area (Å²) in [7, 11) is 0. The number of aromatic amines is 1. The minimum Gasteiger partial charge on any atom is -0.411 e. The van der Waals surface area contributed by atoms with E-state index in [0.717, 1.165) is 23.4 Å². The van der Waals surface area contributed by atoms with Gasteiger partial charge >= 0.3 is 0 Å². The maximum atomic E-state index is 12.4. The second-order valence-electron chi connectivity index (χ2n) is 5.60. The van der Waals surface area contributed by atoms with Gasteiger partial charge in [-0.25, -0.2) is 4.98 Å². The molecular weight excluding hydrogens is 340 g/mol. The SMILES string of the molecule is O=C(CCSc1nnc(-c2ccncc2)o1)N1CCc2nc[nH]c2C1. The van der Waals surface area contributed by atoms with Crippen molar-refractivity contribution in [1.29, 1.82) is 0 Å².